The molecule has 0 amide bonds. The Kier molecular flexibility index (Phi) is 4.21. The number of ether oxygens (including phenoxy) is 1. The van der Waals surface area contributed by atoms with E-state index in [4.69, 9.17) is 5.73 Å². The number of nitro benzene ring substituents is 1. The summed E-state index contributed by atoms with van der Waals surface area (Å²) in [5, 5.41) is 10.7. The molecule has 0 saturated heterocycles. The van der Waals surface area contributed by atoms with E-state index in [0.29, 0.717) is 0 Å². The number of carbonyl (C=O) groups is 1. The number of esters is 1. The van der Waals surface area contributed by atoms with Crippen molar-refractivity contribution in [2.24, 2.45) is 5.73 Å². The molecule has 0 saturated carbocycles. The van der Waals surface area contributed by atoms with Crippen molar-refractivity contribution < 1.29 is 14.5 Å². The lowest BCUT2D eigenvalue weighted by molar-refractivity contribution is -0.385. The van der Waals surface area contributed by atoms with E-state index in [1.165, 1.54) is 18.2 Å². The Morgan fingerprint density at radius 1 is 1.53 bits per heavy atom. The molecule has 1 aromatic carbocycles. The minimum atomic E-state index is -0.622. The van der Waals surface area contributed by atoms with Crippen molar-refractivity contribution in [2.45, 2.75) is 6.92 Å². The number of carbonyl (C=O) groups excluding carboxylic acids is 1. The number of para-hydroxylation sites is 1. The zero-order valence-corrected chi connectivity index (χ0v) is 9.25. The van der Waals surface area contributed by atoms with Crippen molar-refractivity contribution >= 4 is 17.4 Å². The summed E-state index contributed by atoms with van der Waals surface area (Å²) in [6, 6.07) is 5.93. The van der Waals surface area contributed by atoms with Crippen molar-refractivity contribution in [1.29, 1.82) is 0 Å². The van der Waals surface area contributed by atoms with Crippen LogP contribution >= 0.6 is 0 Å². The molecular formula is C11H12N2O4. The number of benzene rings is 1. The topological polar surface area (TPSA) is 95.5 Å². The van der Waals surface area contributed by atoms with Crippen LogP contribution in [0.2, 0.25) is 0 Å². The summed E-state index contributed by atoms with van der Waals surface area (Å²) < 4.78 is 4.67. The fraction of sp³-hybridized carbons (Fsp3) is 0.182. The van der Waals surface area contributed by atoms with Gasteiger partial charge in [-0.2, -0.15) is 0 Å². The van der Waals surface area contributed by atoms with E-state index in [-0.39, 0.29) is 23.6 Å². The predicted molar refractivity (Wildman–Crippen MR) is 61.9 cm³/mol. The van der Waals surface area contributed by atoms with Crippen molar-refractivity contribution in [3.63, 3.8) is 0 Å². The average molecular weight is 236 g/mol. The zero-order valence-electron chi connectivity index (χ0n) is 9.25. The molecule has 0 radical (unpaired) electrons. The number of hydrogen-bond acceptors (Lipinski definition) is 5. The third-order valence-electron chi connectivity index (χ3n) is 1.97. The van der Waals surface area contributed by atoms with E-state index < -0.39 is 10.9 Å². The lowest BCUT2D eigenvalue weighted by atomic mass is 10.1. The summed E-state index contributed by atoms with van der Waals surface area (Å²) >= 11 is 0. The highest BCUT2D eigenvalue weighted by Crippen LogP contribution is 2.22. The van der Waals surface area contributed by atoms with Crippen LogP contribution in [0.3, 0.4) is 0 Å². The van der Waals surface area contributed by atoms with Gasteiger partial charge in [0.25, 0.3) is 5.69 Å². The Hall–Kier alpha value is -2.37. The molecule has 90 valence electrons. The van der Waals surface area contributed by atoms with Crippen LogP contribution in [0.25, 0.3) is 5.70 Å². The standard InChI is InChI=1S/C11H12N2O4/c1-2-17-11(14)7-9(12)8-5-3-4-6-10(8)13(15)16/h3-7H,2,12H2,1H3. The molecule has 17 heavy (non-hydrogen) atoms. The lowest BCUT2D eigenvalue weighted by Gasteiger charge is -2.03. The first kappa shape index (κ1) is 12.7. The Labute approximate surface area is 97.8 Å². The molecule has 0 bridgehead atoms. The third-order valence-corrected chi connectivity index (χ3v) is 1.97. The van der Waals surface area contributed by atoms with Crippen LogP contribution in [0, 0.1) is 10.1 Å². The van der Waals surface area contributed by atoms with Crippen molar-refractivity contribution in [1.82, 2.24) is 0 Å². The highest BCUT2D eigenvalue weighted by Gasteiger charge is 2.15. The second kappa shape index (κ2) is 5.64. The molecule has 0 aliphatic heterocycles. The molecule has 1 aromatic rings. The fourth-order valence-electron chi connectivity index (χ4n) is 1.27. The maximum absolute atomic E-state index is 11.2. The smallest absolute Gasteiger partial charge is 0.332 e. The van der Waals surface area contributed by atoms with E-state index in [0.717, 1.165) is 6.08 Å². The van der Waals surface area contributed by atoms with Gasteiger partial charge in [0.1, 0.15) is 0 Å². The molecule has 6 nitrogen and oxygen atoms in total. The monoisotopic (exact) mass is 236 g/mol. The van der Waals surface area contributed by atoms with E-state index in [1.54, 1.807) is 13.0 Å². The molecule has 0 atom stereocenters. The Morgan fingerprint density at radius 3 is 2.76 bits per heavy atom. The molecule has 0 spiro atoms. The van der Waals surface area contributed by atoms with E-state index in [9.17, 15) is 14.9 Å². The second-order valence-electron chi connectivity index (χ2n) is 3.13. The molecule has 2 N–H and O–H groups in total. The largest absolute Gasteiger partial charge is 0.463 e. The molecule has 0 unspecified atom stereocenters. The van der Waals surface area contributed by atoms with E-state index >= 15 is 0 Å². The molecule has 0 aliphatic rings. The number of rotatable bonds is 4. The highest BCUT2D eigenvalue weighted by molar-refractivity contribution is 5.91. The number of nitro groups is 1. The molecule has 0 heterocycles. The summed E-state index contributed by atoms with van der Waals surface area (Å²) in [7, 11) is 0. The van der Waals surface area contributed by atoms with Gasteiger partial charge in [0.05, 0.1) is 22.8 Å². The van der Waals surface area contributed by atoms with Crippen LogP contribution < -0.4 is 5.73 Å². The zero-order chi connectivity index (χ0) is 12.8. The Morgan fingerprint density at radius 2 is 2.18 bits per heavy atom. The Bertz CT molecular complexity index is 468. The van der Waals surface area contributed by atoms with Gasteiger partial charge in [-0.1, -0.05) is 12.1 Å². The fourth-order valence-corrected chi connectivity index (χ4v) is 1.27. The molecule has 1 rings (SSSR count). The normalized spacial score (nSPS) is 11.0. The van der Waals surface area contributed by atoms with Crippen LogP contribution in [0.5, 0.6) is 0 Å². The highest BCUT2D eigenvalue weighted by atomic mass is 16.6. The minimum Gasteiger partial charge on any atom is -0.463 e. The number of nitrogens with two attached hydrogens (primary N) is 1. The molecule has 0 aromatic heterocycles. The maximum Gasteiger partial charge on any atom is 0.332 e. The first-order chi connectivity index (χ1) is 8.06. The third kappa shape index (κ3) is 3.30. The molecule has 6 heteroatoms. The van der Waals surface area contributed by atoms with Crippen molar-refractivity contribution in [2.75, 3.05) is 6.61 Å². The van der Waals surface area contributed by atoms with Crippen LogP contribution in [0.4, 0.5) is 5.69 Å². The number of hydrogen-bond donors (Lipinski definition) is 1. The van der Waals surface area contributed by atoms with Gasteiger partial charge in [0, 0.05) is 12.1 Å². The predicted octanol–water partition coefficient (Wildman–Crippen LogP) is 1.46. The maximum atomic E-state index is 11.2. The first-order valence-electron chi connectivity index (χ1n) is 4.94. The van der Waals surface area contributed by atoms with Gasteiger partial charge in [-0.05, 0) is 13.0 Å². The summed E-state index contributed by atoms with van der Waals surface area (Å²) in [6.07, 6.45) is 1.03. The number of nitrogens with zero attached hydrogens (tertiary/aromatic N) is 1. The summed E-state index contributed by atoms with van der Waals surface area (Å²) in [4.78, 5) is 21.3. The molecule has 0 fully saturated rings. The van der Waals surface area contributed by atoms with Crippen LogP contribution in [-0.4, -0.2) is 17.5 Å². The van der Waals surface area contributed by atoms with Gasteiger partial charge in [-0.15, -0.1) is 0 Å². The average Bonchev–Trinajstić information content (AvgIpc) is 2.29. The van der Waals surface area contributed by atoms with Crippen molar-refractivity contribution in [3.8, 4) is 0 Å². The summed E-state index contributed by atoms with van der Waals surface area (Å²) in [5.74, 6) is -0.622. The van der Waals surface area contributed by atoms with Gasteiger partial charge >= 0.3 is 5.97 Å². The summed E-state index contributed by atoms with van der Waals surface area (Å²) in [6.45, 7) is 1.88. The van der Waals surface area contributed by atoms with Gasteiger partial charge in [-0.25, -0.2) is 4.79 Å². The second-order valence-corrected chi connectivity index (χ2v) is 3.13. The van der Waals surface area contributed by atoms with Gasteiger partial charge in [-0.3, -0.25) is 10.1 Å². The minimum absolute atomic E-state index is 0.00995. The van der Waals surface area contributed by atoms with Gasteiger partial charge in [0.15, 0.2) is 0 Å². The quantitative estimate of drug-likeness (QED) is 0.369. The first-order valence-corrected chi connectivity index (χ1v) is 4.94. The van der Waals surface area contributed by atoms with E-state index in [1.807, 2.05) is 0 Å². The van der Waals surface area contributed by atoms with E-state index in [2.05, 4.69) is 4.74 Å². The van der Waals surface area contributed by atoms with Gasteiger partial charge in [0.2, 0.25) is 0 Å². The van der Waals surface area contributed by atoms with Crippen molar-refractivity contribution in [3.05, 3.63) is 46.0 Å². The molecular weight excluding hydrogens is 224 g/mol. The van der Waals surface area contributed by atoms with Crippen LogP contribution in [0.1, 0.15) is 12.5 Å². The summed E-state index contributed by atoms with van der Waals surface area (Å²) in [5.41, 5.74) is 5.68. The van der Waals surface area contributed by atoms with Crippen LogP contribution in [0.15, 0.2) is 30.3 Å². The Balaban J connectivity index is 3.07. The SMILES string of the molecule is CCOC(=O)C=C(N)c1ccccc1[N+](=O)[O-]. The van der Waals surface area contributed by atoms with Crippen LogP contribution in [-0.2, 0) is 9.53 Å². The molecule has 0 aliphatic carbocycles. The van der Waals surface area contributed by atoms with Gasteiger partial charge < -0.3 is 10.5 Å². The lowest BCUT2D eigenvalue weighted by Crippen LogP contribution is -2.06.